The number of hydrogen-bond donors (Lipinski definition) is 1. The fourth-order valence-corrected chi connectivity index (χ4v) is 2.21. The quantitative estimate of drug-likeness (QED) is 0.878. The van der Waals surface area contributed by atoms with Crippen molar-refractivity contribution in [3.05, 3.63) is 12.3 Å². The van der Waals surface area contributed by atoms with E-state index < -0.39 is 0 Å². The third-order valence-electron chi connectivity index (χ3n) is 3.77. The molecule has 1 aromatic heterocycles. The van der Waals surface area contributed by atoms with E-state index in [1.165, 1.54) is 0 Å². The van der Waals surface area contributed by atoms with Crippen molar-refractivity contribution >= 4 is 11.8 Å². The highest BCUT2D eigenvalue weighted by Gasteiger charge is 2.17. The van der Waals surface area contributed by atoms with E-state index in [0.29, 0.717) is 6.04 Å². The van der Waals surface area contributed by atoms with Gasteiger partial charge in [0.1, 0.15) is 5.82 Å². The van der Waals surface area contributed by atoms with Crippen molar-refractivity contribution in [3.8, 4) is 0 Å². The molecule has 106 valence electrons. The van der Waals surface area contributed by atoms with Gasteiger partial charge in [-0.05, 0) is 26.0 Å². The van der Waals surface area contributed by atoms with Crippen molar-refractivity contribution in [1.82, 2.24) is 14.9 Å². The molecule has 0 aliphatic carbocycles. The van der Waals surface area contributed by atoms with Crippen LogP contribution in [0, 0.1) is 0 Å². The maximum Gasteiger partial charge on any atom is 0.224 e. The molecule has 0 aromatic carbocycles. The van der Waals surface area contributed by atoms with Crippen LogP contribution >= 0.6 is 0 Å². The number of piperazine rings is 1. The van der Waals surface area contributed by atoms with Gasteiger partial charge < -0.3 is 15.1 Å². The number of likely N-dealkylation sites (N-methyl/N-ethyl adjacent to an activating group) is 1. The van der Waals surface area contributed by atoms with Gasteiger partial charge in [-0.15, -0.1) is 0 Å². The molecule has 5 heteroatoms. The van der Waals surface area contributed by atoms with Crippen LogP contribution in [0.2, 0.25) is 0 Å². The molecule has 0 spiro atoms. The van der Waals surface area contributed by atoms with Crippen LogP contribution in [-0.2, 0) is 0 Å². The molecule has 19 heavy (non-hydrogen) atoms. The molecule has 5 nitrogen and oxygen atoms in total. The molecule has 1 fully saturated rings. The highest BCUT2D eigenvalue weighted by molar-refractivity contribution is 5.43. The summed E-state index contributed by atoms with van der Waals surface area (Å²) < 4.78 is 0. The Bertz CT molecular complexity index is 387. The third-order valence-corrected chi connectivity index (χ3v) is 3.77. The standard InChI is InChI=1S/C14H25N5/c1-4-12(3)16-14-15-7-6-13(17-14)19-10-8-18(5-2)9-11-19/h6-7,12H,4-5,8-11H2,1-3H3,(H,15,16,17). The first kappa shape index (κ1) is 14.1. The third kappa shape index (κ3) is 3.80. The molecule has 2 heterocycles. The van der Waals surface area contributed by atoms with E-state index in [0.717, 1.165) is 50.9 Å². The lowest BCUT2D eigenvalue weighted by Gasteiger charge is -2.34. The second kappa shape index (κ2) is 6.70. The van der Waals surface area contributed by atoms with E-state index in [-0.39, 0.29) is 0 Å². The first-order chi connectivity index (χ1) is 9.22. The number of nitrogens with one attached hydrogen (secondary N) is 1. The fraction of sp³-hybridized carbons (Fsp3) is 0.714. The predicted octanol–water partition coefficient (Wildman–Crippen LogP) is 1.83. The van der Waals surface area contributed by atoms with Gasteiger partial charge in [-0.3, -0.25) is 0 Å². The van der Waals surface area contributed by atoms with Gasteiger partial charge in [0.15, 0.2) is 0 Å². The lowest BCUT2D eigenvalue weighted by molar-refractivity contribution is 0.270. The van der Waals surface area contributed by atoms with Crippen molar-refractivity contribution in [3.63, 3.8) is 0 Å². The molecule has 0 radical (unpaired) electrons. The number of rotatable bonds is 5. The summed E-state index contributed by atoms with van der Waals surface area (Å²) in [7, 11) is 0. The van der Waals surface area contributed by atoms with Gasteiger partial charge in [0, 0.05) is 38.4 Å². The van der Waals surface area contributed by atoms with E-state index in [2.05, 4.69) is 45.9 Å². The maximum absolute atomic E-state index is 4.62. The molecular weight excluding hydrogens is 238 g/mol. The van der Waals surface area contributed by atoms with Crippen LogP contribution in [0.5, 0.6) is 0 Å². The zero-order valence-corrected chi connectivity index (χ0v) is 12.3. The van der Waals surface area contributed by atoms with E-state index in [1.54, 1.807) is 0 Å². The Morgan fingerprint density at radius 3 is 2.63 bits per heavy atom. The van der Waals surface area contributed by atoms with Crippen molar-refractivity contribution in [2.75, 3.05) is 42.9 Å². The molecule has 1 saturated heterocycles. The van der Waals surface area contributed by atoms with Crippen molar-refractivity contribution in [1.29, 1.82) is 0 Å². The molecule has 2 rings (SSSR count). The van der Waals surface area contributed by atoms with Crippen LogP contribution in [0.4, 0.5) is 11.8 Å². The van der Waals surface area contributed by atoms with Gasteiger partial charge in [0.05, 0.1) is 0 Å². The maximum atomic E-state index is 4.62. The topological polar surface area (TPSA) is 44.3 Å². The Balaban J connectivity index is 1.99. The Morgan fingerprint density at radius 1 is 1.26 bits per heavy atom. The minimum Gasteiger partial charge on any atom is -0.354 e. The summed E-state index contributed by atoms with van der Waals surface area (Å²) in [6.45, 7) is 12.0. The molecule has 1 unspecified atom stereocenters. The largest absolute Gasteiger partial charge is 0.354 e. The molecule has 1 atom stereocenters. The Kier molecular flexibility index (Phi) is 4.96. The molecule has 0 saturated carbocycles. The monoisotopic (exact) mass is 263 g/mol. The summed E-state index contributed by atoms with van der Waals surface area (Å²) in [5.74, 6) is 1.78. The van der Waals surface area contributed by atoms with E-state index in [9.17, 15) is 0 Å². The van der Waals surface area contributed by atoms with Crippen LogP contribution in [-0.4, -0.2) is 53.6 Å². The smallest absolute Gasteiger partial charge is 0.224 e. The van der Waals surface area contributed by atoms with Crippen LogP contribution in [0.3, 0.4) is 0 Å². The molecular formula is C14H25N5. The zero-order chi connectivity index (χ0) is 13.7. The second-order valence-electron chi connectivity index (χ2n) is 5.11. The summed E-state index contributed by atoms with van der Waals surface area (Å²) in [6, 6.07) is 2.41. The van der Waals surface area contributed by atoms with Gasteiger partial charge >= 0.3 is 0 Å². The Morgan fingerprint density at radius 2 is 2.00 bits per heavy atom. The van der Waals surface area contributed by atoms with Gasteiger partial charge in [0.25, 0.3) is 0 Å². The predicted molar refractivity (Wildman–Crippen MR) is 79.7 cm³/mol. The SMILES string of the molecule is CCC(C)Nc1nccc(N2CCN(CC)CC2)n1. The molecule has 1 aliphatic rings. The summed E-state index contributed by atoms with van der Waals surface area (Å²) in [5.41, 5.74) is 0. The second-order valence-corrected chi connectivity index (χ2v) is 5.11. The number of aromatic nitrogens is 2. The summed E-state index contributed by atoms with van der Waals surface area (Å²) >= 11 is 0. The van der Waals surface area contributed by atoms with Crippen LogP contribution < -0.4 is 10.2 Å². The Labute approximate surface area is 116 Å². The van der Waals surface area contributed by atoms with E-state index >= 15 is 0 Å². The minimum atomic E-state index is 0.409. The number of nitrogens with zero attached hydrogens (tertiary/aromatic N) is 4. The van der Waals surface area contributed by atoms with Gasteiger partial charge in [-0.25, -0.2) is 4.98 Å². The number of anilines is 2. The van der Waals surface area contributed by atoms with Crippen molar-refractivity contribution in [2.45, 2.75) is 33.2 Å². The molecule has 1 N–H and O–H groups in total. The normalized spacial score (nSPS) is 18.4. The molecule has 0 bridgehead atoms. The highest BCUT2D eigenvalue weighted by Crippen LogP contribution is 2.15. The van der Waals surface area contributed by atoms with Crippen molar-refractivity contribution < 1.29 is 0 Å². The van der Waals surface area contributed by atoms with Crippen LogP contribution in [0.25, 0.3) is 0 Å². The first-order valence-electron chi connectivity index (χ1n) is 7.29. The van der Waals surface area contributed by atoms with Gasteiger partial charge in [-0.1, -0.05) is 13.8 Å². The fourth-order valence-electron chi connectivity index (χ4n) is 2.21. The van der Waals surface area contributed by atoms with Crippen molar-refractivity contribution in [2.24, 2.45) is 0 Å². The average Bonchev–Trinajstić information content (AvgIpc) is 2.47. The summed E-state index contributed by atoms with van der Waals surface area (Å²) in [5, 5.41) is 3.33. The van der Waals surface area contributed by atoms with Gasteiger partial charge in [0.2, 0.25) is 5.95 Å². The summed E-state index contributed by atoms with van der Waals surface area (Å²) in [6.07, 6.45) is 2.92. The minimum absolute atomic E-state index is 0.409. The molecule has 0 amide bonds. The average molecular weight is 263 g/mol. The lowest BCUT2D eigenvalue weighted by Crippen LogP contribution is -2.46. The Hall–Kier alpha value is -1.36. The van der Waals surface area contributed by atoms with Crippen LogP contribution in [0.15, 0.2) is 12.3 Å². The van der Waals surface area contributed by atoms with E-state index in [1.807, 2.05) is 12.3 Å². The number of hydrogen-bond acceptors (Lipinski definition) is 5. The van der Waals surface area contributed by atoms with E-state index in [4.69, 9.17) is 0 Å². The van der Waals surface area contributed by atoms with Gasteiger partial charge in [-0.2, -0.15) is 4.98 Å². The summed E-state index contributed by atoms with van der Waals surface area (Å²) in [4.78, 5) is 13.7. The zero-order valence-electron chi connectivity index (χ0n) is 12.3. The molecule has 1 aromatic rings. The highest BCUT2D eigenvalue weighted by atomic mass is 15.3. The molecule has 1 aliphatic heterocycles. The first-order valence-corrected chi connectivity index (χ1v) is 7.29. The lowest BCUT2D eigenvalue weighted by atomic mass is 10.3. The van der Waals surface area contributed by atoms with Crippen LogP contribution in [0.1, 0.15) is 27.2 Å².